The van der Waals surface area contributed by atoms with Crippen LogP contribution in [-0.2, 0) is 27.3 Å². The van der Waals surface area contributed by atoms with Gasteiger partial charge in [0.15, 0.2) is 5.78 Å². The van der Waals surface area contributed by atoms with E-state index in [-0.39, 0.29) is 11.7 Å². The van der Waals surface area contributed by atoms with E-state index >= 15 is 0 Å². The number of alkyl halides is 1. The van der Waals surface area contributed by atoms with Gasteiger partial charge in [0.2, 0.25) is 4.87 Å². The summed E-state index contributed by atoms with van der Waals surface area (Å²) in [6.45, 7) is 4.05. The maximum atomic E-state index is 13.4. The van der Waals surface area contributed by atoms with Crippen molar-refractivity contribution in [2.24, 2.45) is 0 Å². The lowest BCUT2D eigenvalue weighted by Crippen LogP contribution is -2.48. The van der Waals surface area contributed by atoms with Crippen LogP contribution in [0.4, 0.5) is 0 Å². The zero-order valence-corrected chi connectivity index (χ0v) is 16.5. The van der Waals surface area contributed by atoms with Gasteiger partial charge in [-0.2, -0.15) is 0 Å². The first-order valence-corrected chi connectivity index (χ1v) is 9.94. The van der Waals surface area contributed by atoms with Crippen LogP contribution in [0.25, 0.3) is 0 Å². The molecule has 1 atom stereocenters. The van der Waals surface area contributed by atoms with Crippen LogP contribution >= 0.6 is 27.5 Å². The van der Waals surface area contributed by atoms with Gasteiger partial charge in [-0.1, -0.05) is 60.6 Å². The van der Waals surface area contributed by atoms with E-state index in [1.54, 1.807) is 0 Å². The quantitative estimate of drug-likeness (QED) is 0.590. The number of hydrogen-bond acceptors (Lipinski definition) is 2. The number of halogens is 2. The lowest BCUT2D eigenvalue weighted by molar-refractivity contribution is -0.127. The number of nitrogens with one attached hydrogen (secondary N) is 1. The van der Waals surface area contributed by atoms with Crippen molar-refractivity contribution in [3.05, 3.63) is 33.3 Å². The van der Waals surface area contributed by atoms with Gasteiger partial charge < -0.3 is 5.32 Å². The van der Waals surface area contributed by atoms with E-state index in [2.05, 4.69) is 21.2 Å². The second-order valence-corrected chi connectivity index (χ2v) is 8.37. The summed E-state index contributed by atoms with van der Waals surface area (Å²) in [5, 5.41) is 2.99. The third kappa shape index (κ3) is 2.53. The van der Waals surface area contributed by atoms with Crippen LogP contribution < -0.4 is 5.32 Å². The molecule has 130 valence electrons. The Morgan fingerprint density at radius 1 is 1.08 bits per heavy atom. The SMILES string of the molecule is CCc1cc(Br)cc(CC)c1C1(Cl)C(=O)NC2(CCCCC2)C1=O. The summed E-state index contributed by atoms with van der Waals surface area (Å²) < 4.78 is 0.957. The Bertz CT molecular complexity index is 672. The second kappa shape index (κ2) is 6.45. The number of carbonyl (C=O) groups is 2. The van der Waals surface area contributed by atoms with E-state index in [0.717, 1.165) is 47.7 Å². The summed E-state index contributed by atoms with van der Waals surface area (Å²) in [6.07, 6.45) is 5.88. The highest BCUT2D eigenvalue weighted by molar-refractivity contribution is 9.10. The molecule has 5 heteroatoms. The van der Waals surface area contributed by atoms with E-state index in [4.69, 9.17) is 11.6 Å². The van der Waals surface area contributed by atoms with E-state index in [0.29, 0.717) is 18.4 Å². The van der Waals surface area contributed by atoms with Gasteiger partial charge in [-0.15, -0.1) is 0 Å². The lowest BCUT2D eigenvalue weighted by atomic mass is 9.75. The molecule has 1 aromatic rings. The molecule has 3 rings (SSSR count). The van der Waals surface area contributed by atoms with Crippen molar-refractivity contribution in [1.82, 2.24) is 5.32 Å². The van der Waals surface area contributed by atoms with Gasteiger partial charge in [-0.25, -0.2) is 0 Å². The zero-order chi connectivity index (χ0) is 17.5. The second-order valence-electron chi connectivity index (χ2n) is 6.89. The van der Waals surface area contributed by atoms with Crippen LogP contribution in [0.15, 0.2) is 16.6 Å². The molecule has 3 nitrogen and oxygen atoms in total. The van der Waals surface area contributed by atoms with Crippen LogP contribution in [0, 0.1) is 0 Å². The smallest absolute Gasteiger partial charge is 0.254 e. The predicted molar refractivity (Wildman–Crippen MR) is 99.4 cm³/mol. The summed E-state index contributed by atoms with van der Waals surface area (Å²) in [6, 6.07) is 3.95. The first-order chi connectivity index (χ1) is 11.4. The molecule has 1 spiro atoms. The average molecular weight is 413 g/mol. The molecular weight excluding hydrogens is 390 g/mol. The minimum atomic E-state index is -1.59. The molecule has 1 aliphatic carbocycles. The molecule has 24 heavy (non-hydrogen) atoms. The van der Waals surface area contributed by atoms with Crippen LogP contribution in [-0.4, -0.2) is 17.2 Å². The Morgan fingerprint density at radius 3 is 2.12 bits per heavy atom. The van der Waals surface area contributed by atoms with Gasteiger partial charge in [0, 0.05) is 4.47 Å². The Balaban J connectivity index is 2.18. The third-order valence-corrected chi connectivity index (χ3v) is 6.48. The first-order valence-electron chi connectivity index (χ1n) is 8.77. The maximum Gasteiger partial charge on any atom is 0.254 e. The maximum absolute atomic E-state index is 13.4. The molecular formula is C19H23BrClNO2. The van der Waals surface area contributed by atoms with Gasteiger partial charge in [-0.3, -0.25) is 9.59 Å². The van der Waals surface area contributed by atoms with Gasteiger partial charge in [0.1, 0.15) is 5.54 Å². The first kappa shape index (κ1) is 17.9. The number of Topliss-reactive ketones (excluding diaryl/α,β-unsaturated/α-hetero) is 1. The molecule has 1 saturated carbocycles. The van der Waals surface area contributed by atoms with Crippen molar-refractivity contribution >= 4 is 39.2 Å². The van der Waals surface area contributed by atoms with Gasteiger partial charge in [-0.05, 0) is 54.5 Å². The topological polar surface area (TPSA) is 46.2 Å². The van der Waals surface area contributed by atoms with E-state index < -0.39 is 10.4 Å². The van der Waals surface area contributed by atoms with Crippen molar-refractivity contribution < 1.29 is 9.59 Å². The number of benzene rings is 1. The third-order valence-electron chi connectivity index (χ3n) is 5.49. The van der Waals surface area contributed by atoms with E-state index in [9.17, 15) is 9.59 Å². The molecule has 1 amide bonds. The van der Waals surface area contributed by atoms with Crippen molar-refractivity contribution in [2.45, 2.75) is 69.2 Å². The molecule has 1 N–H and O–H groups in total. The van der Waals surface area contributed by atoms with Crippen molar-refractivity contribution in [3.8, 4) is 0 Å². The molecule has 1 unspecified atom stereocenters. The van der Waals surface area contributed by atoms with Crippen LogP contribution in [0.1, 0.15) is 62.6 Å². The van der Waals surface area contributed by atoms with E-state index in [1.807, 2.05) is 26.0 Å². The summed E-state index contributed by atoms with van der Waals surface area (Å²) >= 11 is 10.4. The molecule has 2 aliphatic rings. The Kier molecular flexibility index (Phi) is 4.82. The minimum Gasteiger partial charge on any atom is -0.341 e. The highest BCUT2D eigenvalue weighted by Crippen LogP contribution is 2.47. The van der Waals surface area contributed by atoms with Gasteiger partial charge in [0.25, 0.3) is 5.91 Å². The summed E-state index contributed by atoms with van der Waals surface area (Å²) in [7, 11) is 0. The van der Waals surface area contributed by atoms with Crippen molar-refractivity contribution in [3.63, 3.8) is 0 Å². The Morgan fingerprint density at radius 2 is 1.62 bits per heavy atom. The lowest BCUT2D eigenvalue weighted by Gasteiger charge is -2.32. The largest absolute Gasteiger partial charge is 0.341 e. The monoisotopic (exact) mass is 411 g/mol. The number of rotatable bonds is 3. The number of hydrogen-bond donors (Lipinski definition) is 1. The predicted octanol–water partition coefficient (Wildman–Crippen LogP) is 4.41. The van der Waals surface area contributed by atoms with Gasteiger partial charge >= 0.3 is 0 Å². The number of aryl methyl sites for hydroxylation is 2. The molecule has 1 aromatic carbocycles. The average Bonchev–Trinajstić information content (AvgIpc) is 2.76. The fourth-order valence-electron chi connectivity index (χ4n) is 4.25. The molecule has 2 fully saturated rings. The molecule has 0 aromatic heterocycles. The Hall–Kier alpha value is -0.870. The minimum absolute atomic E-state index is 0.145. The van der Waals surface area contributed by atoms with Crippen LogP contribution in [0.5, 0.6) is 0 Å². The molecule has 1 aliphatic heterocycles. The molecule has 0 bridgehead atoms. The summed E-state index contributed by atoms with van der Waals surface area (Å²) in [5.41, 5.74) is 1.88. The highest BCUT2D eigenvalue weighted by atomic mass is 79.9. The van der Waals surface area contributed by atoms with E-state index in [1.165, 1.54) is 0 Å². The zero-order valence-electron chi connectivity index (χ0n) is 14.2. The fraction of sp³-hybridized carbons (Fsp3) is 0.579. The van der Waals surface area contributed by atoms with Gasteiger partial charge in [0.05, 0.1) is 0 Å². The van der Waals surface area contributed by atoms with Crippen LogP contribution in [0.2, 0.25) is 0 Å². The normalized spacial score (nSPS) is 26.0. The number of amides is 1. The summed E-state index contributed by atoms with van der Waals surface area (Å²) in [4.78, 5) is 24.7. The standard InChI is InChI=1S/C19H23BrClNO2/c1-3-12-10-14(20)11-13(4-2)15(12)19(21)16(23)18(22-17(19)24)8-6-5-7-9-18/h10-11H,3-9H2,1-2H3,(H,22,24). The highest BCUT2D eigenvalue weighted by Gasteiger charge is 2.63. The number of carbonyl (C=O) groups excluding carboxylic acids is 2. The fourth-order valence-corrected chi connectivity index (χ4v) is 5.28. The molecule has 0 radical (unpaired) electrons. The Labute approximate surface area is 156 Å². The van der Waals surface area contributed by atoms with Crippen molar-refractivity contribution in [2.75, 3.05) is 0 Å². The number of ketones is 1. The molecule has 1 saturated heterocycles. The van der Waals surface area contributed by atoms with Crippen LogP contribution in [0.3, 0.4) is 0 Å². The van der Waals surface area contributed by atoms with Crippen molar-refractivity contribution in [1.29, 1.82) is 0 Å². The summed E-state index contributed by atoms with van der Waals surface area (Å²) in [5.74, 6) is -0.490. The molecule has 1 heterocycles.